The summed E-state index contributed by atoms with van der Waals surface area (Å²) < 4.78 is 9.93. The summed E-state index contributed by atoms with van der Waals surface area (Å²) in [6.07, 6.45) is 0. The topological polar surface area (TPSA) is 48.8 Å². The maximum atomic E-state index is 6.51. The van der Waals surface area contributed by atoms with Crippen molar-refractivity contribution in [3.63, 3.8) is 0 Å². The van der Waals surface area contributed by atoms with Crippen molar-refractivity contribution in [3.05, 3.63) is 11.4 Å². The highest BCUT2D eigenvalue weighted by molar-refractivity contribution is 4.78. The van der Waals surface area contributed by atoms with Crippen LogP contribution >= 0.6 is 0 Å². The molecule has 0 bridgehead atoms. The number of methoxy groups -OCH3 is 2. The minimum absolute atomic E-state index is 0. The van der Waals surface area contributed by atoms with Gasteiger partial charge in [0.1, 0.15) is 5.60 Å². The minimum atomic E-state index is -0.262. The Morgan fingerprint density at radius 1 is 1.06 bits per heavy atom. The molecule has 0 aliphatic carbocycles. The minimum Gasteiger partial charge on any atom is -0.378 e. The Balaban J connectivity index is -0.000000200. The van der Waals surface area contributed by atoms with Gasteiger partial charge in [0.2, 0.25) is 6.54 Å². The monoisotopic (exact) mass is 232 g/mol. The molecular formula is C12H28N2O2. The SMILES string of the molecule is C.COC(C)(C)CN.[C-]#[N+]CC(C)(C)OC. The van der Waals surface area contributed by atoms with Crippen LogP contribution in [0.15, 0.2) is 0 Å². The van der Waals surface area contributed by atoms with Gasteiger partial charge in [-0.1, -0.05) is 7.43 Å². The van der Waals surface area contributed by atoms with Crippen LogP contribution in [0.5, 0.6) is 0 Å². The Labute approximate surface area is 101 Å². The molecule has 2 N–H and O–H groups in total. The predicted molar refractivity (Wildman–Crippen MR) is 69.4 cm³/mol. The smallest absolute Gasteiger partial charge is 0.242 e. The van der Waals surface area contributed by atoms with E-state index >= 15 is 0 Å². The lowest BCUT2D eigenvalue weighted by Crippen LogP contribution is -2.32. The summed E-state index contributed by atoms with van der Waals surface area (Å²) in [5.74, 6) is 0. The fourth-order valence-electron chi connectivity index (χ4n) is 0.338. The molecule has 0 aliphatic rings. The van der Waals surface area contributed by atoms with Crippen molar-refractivity contribution < 1.29 is 9.47 Å². The summed E-state index contributed by atoms with van der Waals surface area (Å²) in [6, 6.07) is 0. The highest BCUT2D eigenvalue weighted by Crippen LogP contribution is 2.06. The standard InChI is InChI=1S/C6H11NO.C5H13NO.CH4/c1-6(2,8-4)5-7-3;1-5(2,4-6)7-3;/h5H2,1-2,4H3;4,6H2,1-3H3;1H4. The van der Waals surface area contributed by atoms with Gasteiger partial charge < -0.3 is 20.1 Å². The van der Waals surface area contributed by atoms with Gasteiger partial charge in [0.25, 0.3) is 0 Å². The zero-order chi connectivity index (χ0) is 12.5. The van der Waals surface area contributed by atoms with Crippen molar-refractivity contribution in [2.45, 2.75) is 46.3 Å². The highest BCUT2D eigenvalue weighted by atomic mass is 16.5. The maximum absolute atomic E-state index is 6.51. The Morgan fingerprint density at radius 2 is 1.44 bits per heavy atom. The van der Waals surface area contributed by atoms with E-state index in [2.05, 4.69) is 4.85 Å². The molecule has 0 saturated carbocycles. The molecule has 0 atom stereocenters. The lowest BCUT2D eigenvalue weighted by Gasteiger charge is -2.19. The number of hydrogen-bond acceptors (Lipinski definition) is 3. The van der Waals surface area contributed by atoms with Crippen molar-refractivity contribution in [1.82, 2.24) is 0 Å². The van der Waals surface area contributed by atoms with Crippen LogP contribution in [-0.4, -0.2) is 38.5 Å². The van der Waals surface area contributed by atoms with E-state index in [-0.39, 0.29) is 18.6 Å². The molecule has 0 heterocycles. The average Bonchev–Trinajstić information content (AvgIpc) is 2.19. The zero-order valence-electron chi connectivity index (χ0n) is 10.8. The summed E-state index contributed by atoms with van der Waals surface area (Å²) in [5.41, 5.74) is 4.89. The predicted octanol–water partition coefficient (Wildman–Crippen LogP) is 2.34. The number of nitrogens with zero attached hydrogens (tertiary/aromatic N) is 1. The molecule has 0 amide bonds. The molecule has 4 heteroatoms. The number of hydrogen-bond donors (Lipinski definition) is 1. The van der Waals surface area contributed by atoms with Crippen LogP contribution in [0.25, 0.3) is 4.85 Å². The first-order valence-electron chi connectivity index (χ1n) is 4.88. The van der Waals surface area contributed by atoms with Gasteiger partial charge in [-0.15, -0.1) is 0 Å². The van der Waals surface area contributed by atoms with Crippen LogP contribution in [0.3, 0.4) is 0 Å². The fraction of sp³-hybridized carbons (Fsp3) is 0.917. The molecule has 0 radical (unpaired) electrons. The molecule has 0 aromatic carbocycles. The van der Waals surface area contributed by atoms with Crippen LogP contribution in [0.4, 0.5) is 0 Å². The third kappa shape index (κ3) is 13.4. The first-order chi connectivity index (χ1) is 6.74. The quantitative estimate of drug-likeness (QED) is 0.757. The largest absolute Gasteiger partial charge is 0.378 e. The summed E-state index contributed by atoms with van der Waals surface area (Å²) in [7, 11) is 3.28. The first kappa shape index (κ1) is 20.7. The van der Waals surface area contributed by atoms with Crippen LogP contribution < -0.4 is 5.73 Å². The molecule has 4 nitrogen and oxygen atoms in total. The van der Waals surface area contributed by atoms with Crippen molar-refractivity contribution in [2.75, 3.05) is 27.3 Å². The number of ether oxygens (including phenoxy) is 2. The van der Waals surface area contributed by atoms with E-state index in [1.165, 1.54) is 0 Å². The van der Waals surface area contributed by atoms with Gasteiger partial charge in [0.15, 0.2) is 0 Å². The zero-order valence-corrected chi connectivity index (χ0v) is 10.8. The Bertz CT molecular complexity index is 190. The third-order valence-corrected chi connectivity index (χ3v) is 2.06. The lowest BCUT2D eigenvalue weighted by molar-refractivity contribution is 0.0307. The van der Waals surface area contributed by atoms with E-state index < -0.39 is 0 Å². The van der Waals surface area contributed by atoms with Crippen LogP contribution in [0.1, 0.15) is 35.1 Å². The number of nitrogens with two attached hydrogens (primary N) is 1. The molecule has 0 saturated heterocycles. The second-order valence-corrected chi connectivity index (χ2v) is 4.45. The van der Waals surface area contributed by atoms with Gasteiger partial charge in [-0.25, -0.2) is 6.57 Å². The van der Waals surface area contributed by atoms with Gasteiger partial charge in [0, 0.05) is 20.8 Å². The molecule has 0 aromatic heterocycles. The van der Waals surface area contributed by atoms with E-state index in [1.807, 2.05) is 27.7 Å². The summed E-state index contributed by atoms with van der Waals surface area (Å²) >= 11 is 0. The van der Waals surface area contributed by atoms with Crippen molar-refractivity contribution in [2.24, 2.45) is 5.73 Å². The fourth-order valence-corrected chi connectivity index (χ4v) is 0.338. The van der Waals surface area contributed by atoms with Crippen LogP contribution in [0.2, 0.25) is 0 Å². The Hall–Kier alpha value is -0.630. The Morgan fingerprint density at radius 3 is 1.50 bits per heavy atom. The van der Waals surface area contributed by atoms with Gasteiger partial charge in [-0.3, -0.25) is 0 Å². The maximum Gasteiger partial charge on any atom is 0.242 e. The molecule has 0 unspecified atom stereocenters. The van der Waals surface area contributed by atoms with E-state index in [4.69, 9.17) is 21.8 Å². The average molecular weight is 232 g/mol. The summed E-state index contributed by atoms with van der Waals surface area (Å²) in [4.78, 5) is 3.20. The van der Waals surface area contributed by atoms with Crippen LogP contribution in [0, 0.1) is 6.57 Å². The van der Waals surface area contributed by atoms with Crippen LogP contribution in [-0.2, 0) is 9.47 Å². The molecule has 0 rings (SSSR count). The second-order valence-electron chi connectivity index (χ2n) is 4.45. The van der Waals surface area contributed by atoms with Gasteiger partial charge >= 0.3 is 0 Å². The highest BCUT2D eigenvalue weighted by Gasteiger charge is 2.18. The molecule has 0 aliphatic heterocycles. The molecule has 98 valence electrons. The van der Waals surface area contributed by atoms with Crippen molar-refractivity contribution in [1.29, 1.82) is 0 Å². The first-order valence-corrected chi connectivity index (χ1v) is 4.88. The van der Waals surface area contributed by atoms with Gasteiger partial charge in [0.05, 0.1) is 5.60 Å². The molecular weight excluding hydrogens is 204 g/mol. The number of rotatable bonds is 4. The normalized spacial score (nSPS) is 10.6. The van der Waals surface area contributed by atoms with E-state index in [0.717, 1.165) is 0 Å². The summed E-state index contributed by atoms with van der Waals surface area (Å²) in [6.45, 7) is 15.2. The van der Waals surface area contributed by atoms with Crippen molar-refractivity contribution >= 4 is 0 Å². The summed E-state index contributed by atoms with van der Waals surface area (Å²) in [5, 5.41) is 0. The van der Waals surface area contributed by atoms with Gasteiger partial charge in [-0.2, -0.15) is 0 Å². The van der Waals surface area contributed by atoms with E-state index in [0.29, 0.717) is 13.1 Å². The van der Waals surface area contributed by atoms with E-state index in [9.17, 15) is 0 Å². The third-order valence-electron chi connectivity index (χ3n) is 2.06. The molecule has 16 heavy (non-hydrogen) atoms. The van der Waals surface area contributed by atoms with E-state index in [1.54, 1.807) is 14.2 Å². The molecule has 0 aromatic rings. The lowest BCUT2D eigenvalue weighted by atomic mass is 10.1. The molecule has 0 fully saturated rings. The van der Waals surface area contributed by atoms with Crippen molar-refractivity contribution in [3.8, 4) is 0 Å². The Kier molecular flexibility index (Phi) is 12.4. The van der Waals surface area contributed by atoms with Gasteiger partial charge in [-0.05, 0) is 27.7 Å². The second kappa shape index (κ2) is 9.59. The molecule has 0 spiro atoms.